The molecule has 40 heavy (non-hydrogen) atoms. The van der Waals surface area contributed by atoms with Crippen LogP contribution in [0.15, 0.2) is 76.2 Å². The lowest BCUT2D eigenvalue weighted by Gasteiger charge is -2.14. The van der Waals surface area contributed by atoms with Gasteiger partial charge in [-0.1, -0.05) is 18.2 Å². The molecule has 5 aromatic rings. The Kier molecular flexibility index (Phi) is 6.25. The van der Waals surface area contributed by atoms with Crippen molar-refractivity contribution >= 4 is 11.1 Å². The van der Waals surface area contributed by atoms with Crippen molar-refractivity contribution in [3.63, 3.8) is 0 Å². The van der Waals surface area contributed by atoms with Gasteiger partial charge in [-0.15, -0.1) is 8.78 Å². The van der Waals surface area contributed by atoms with Gasteiger partial charge in [0.15, 0.2) is 34.2 Å². The minimum Gasteiger partial charge on any atom is -0.440 e. The Morgan fingerprint density at radius 1 is 0.950 bits per heavy atom. The fourth-order valence-electron chi connectivity index (χ4n) is 4.65. The molecule has 3 aromatic carbocycles. The van der Waals surface area contributed by atoms with E-state index >= 15 is 0 Å². The third kappa shape index (κ3) is 4.66. The highest BCUT2D eigenvalue weighted by atomic mass is 32.2. The fraction of sp³-hybridized carbons (Fsp3) is 0.143. The zero-order valence-electron chi connectivity index (χ0n) is 21.1. The quantitative estimate of drug-likeness (QED) is 0.245. The summed E-state index contributed by atoms with van der Waals surface area (Å²) in [5, 5.41) is 9.66. The highest BCUT2D eigenvalue weighted by Crippen LogP contribution is 2.45. The van der Waals surface area contributed by atoms with Crippen LogP contribution in [0, 0.1) is 13.8 Å². The molecule has 0 aliphatic carbocycles. The number of hydrogen-bond acceptors (Lipinski definition) is 7. The predicted molar refractivity (Wildman–Crippen MR) is 141 cm³/mol. The van der Waals surface area contributed by atoms with Crippen LogP contribution in [-0.2, 0) is 17.7 Å². The highest BCUT2D eigenvalue weighted by Gasteiger charge is 2.43. The van der Waals surface area contributed by atoms with Crippen LogP contribution in [0.4, 0.5) is 8.78 Å². The van der Waals surface area contributed by atoms with Crippen molar-refractivity contribution < 1.29 is 36.5 Å². The van der Waals surface area contributed by atoms with Gasteiger partial charge in [-0.05, 0) is 60.5 Å². The van der Waals surface area contributed by atoms with Crippen LogP contribution in [0.5, 0.6) is 11.5 Å². The van der Waals surface area contributed by atoms with E-state index in [0.29, 0.717) is 51.2 Å². The summed E-state index contributed by atoms with van der Waals surface area (Å²) in [4.78, 5) is 9.29. The Bertz CT molecular complexity index is 1800. The molecule has 2 aromatic heterocycles. The molecule has 2 N–H and O–H groups in total. The van der Waals surface area contributed by atoms with Crippen LogP contribution in [0.3, 0.4) is 0 Å². The monoisotopic (exact) mass is 565 g/mol. The summed E-state index contributed by atoms with van der Waals surface area (Å²) in [6.07, 6.45) is -2.06. The predicted octanol–water partition coefficient (Wildman–Crippen LogP) is 5.87. The summed E-state index contributed by atoms with van der Waals surface area (Å²) in [5.74, 6) is 1.02. The van der Waals surface area contributed by atoms with E-state index in [-0.39, 0.29) is 23.0 Å². The molecule has 1 unspecified atom stereocenters. The van der Waals surface area contributed by atoms with E-state index in [1.807, 2.05) is 24.3 Å². The molecular formula is C28H21F2N3O6S. The van der Waals surface area contributed by atoms with Crippen molar-refractivity contribution in [2.75, 3.05) is 0 Å². The van der Waals surface area contributed by atoms with E-state index in [0.717, 1.165) is 5.56 Å². The van der Waals surface area contributed by atoms with E-state index in [1.54, 1.807) is 48.9 Å². The minimum atomic E-state index is -3.77. The minimum absolute atomic E-state index is 0.0963. The van der Waals surface area contributed by atoms with Crippen molar-refractivity contribution in [1.82, 2.24) is 14.5 Å². The number of imidazole rings is 1. The van der Waals surface area contributed by atoms with Gasteiger partial charge in [0.25, 0.3) is 0 Å². The normalized spacial score (nSPS) is 14.4. The maximum Gasteiger partial charge on any atom is 0.586 e. The third-order valence-electron chi connectivity index (χ3n) is 6.37. The number of halogens is 2. The summed E-state index contributed by atoms with van der Waals surface area (Å²) in [6, 6.07) is 16.6. The Balaban J connectivity index is 1.56. The van der Waals surface area contributed by atoms with E-state index in [9.17, 15) is 22.6 Å². The molecule has 0 saturated heterocycles. The number of oxazole rings is 1. The lowest BCUT2D eigenvalue weighted by molar-refractivity contribution is -0.286. The maximum absolute atomic E-state index is 13.7. The van der Waals surface area contributed by atoms with E-state index in [1.165, 1.54) is 12.1 Å². The molecule has 1 atom stereocenters. The Labute approximate surface area is 228 Å². The average Bonchev–Trinajstić information content (AvgIpc) is 3.60. The Morgan fingerprint density at radius 2 is 1.70 bits per heavy atom. The molecule has 0 saturated carbocycles. The number of fused-ring (bicyclic) bond motifs is 1. The van der Waals surface area contributed by atoms with Crippen molar-refractivity contribution in [2.24, 2.45) is 0 Å². The lowest BCUT2D eigenvalue weighted by Crippen LogP contribution is -2.25. The molecule has 12 heteroatoms. The van der Waals surface area contributed by atoms with Gasteiger partial charge < -0.3 is 28.1 Å². The summed E-state index contributed by atoms with van der Waals surface area (Å²) < 4.78 is 65.6. The third-order valence-corrected chi connectivity index (χ3v) is 7.03. The summed E-state index contributed by atoms with van der Waals surface area (Å²) in [7, 11) is 0. The number of rotatable bonds is 6. The molecule has 1 aliphatic rings. The molecule has 6 rings (SSSR count). The van der Waals surface area contributed by atoms with Gasteiger partial charge in [0.1, 0.15) is 11.5 Å². The average molecular weight is 566 g/mol. The zero-order valence-corrected chi connectivity index (χ0v) is 21.9. The number of aromatic nitrogens is 3. The van der Waals surface area contributed by atoms with Gasteiger partial charge in [-0.2, -0.15) is 0 Å². The molecule has 0 radical (unpaired) electrons. The number of aliphatic hydroxyl groups excluding tert-OH is 1. The zero-order chi connectivity index (χ0) is 28.2. The first kappa shape index (κ1) is 25.9. The molecule has 0 amide bonds. The van der Waals surface area contributed by atoms with Crippen LogP contribution < -0.4 is 9.47 Å². The van der Waals surface area contributed by atoms with Gasteiger partial charge in [0, 0.05) is 24.2 Å². The maximum atomic E-state index is 13.7. The molecule has 0 fully saturated rings. The smallest absolute Gasteiger partial charge is 0.440 e. The summed E-state index contributed by atoms with van der Waals surface area (Å²) >= 11 is -2.16. The van der Waals surface area contributed by atoms with Gasteiger partial charge in [-0.3, -0.25) is 0 Å². The van der Waals surface area contributed by atoms with E-state index in [4.69, 9.17) is 4.42 Å². The number of aliphatic hydroxyl groups is 1. The first-order valence-corrected chi connectivity index (χ1v) is 13.1. The number of hydrogen-bond donors (Lipinski definition) is 2. The Morgan fingerprint density at radius 3 is 2.45 bits per heavy atom. The van der Waals surface area contributed by atoms with Crippen molar-refractivity contribution in [3.05, 3.63) is 84.3 Å². The van der Waals surface area contributed by atoms with E-state index < -0.39 is 17.4 Å². The van der Waals surface area contributed by atoms with Crippen LogP contribution in [0.1, 0.15) is 17.4 Å². The number of benzene rings is 3. The van der Waals surface area contributed by atoms with Crippen LogP contribution in [0.25, 0.3) is 39.4 Å². The van der Waals surface area contributed by atoms with Crippen molar-refractivity contribution in [1.29, 1.82) is 0 Å². The molecule has 0 bridgehead atoms. The van der Waals surface area contributed by atoms with Crippen LogP contribution in [-0.4, -0.2) is 34.7 Å². The largest absolute Gasteiger partial charge is 0.586 e. The summed E-state index contributed by atoms with van der Waals surface area (Å²) in [5.41, 5.74) is 4.01. The molecule has 9 nitrogen and oxygen atoms in total. The number of ether oxygens (including phenoxy) is 2. The lowest BCUT2D eigenvalue weighted by atomic mass is 9.98. The highest BCUT2D eigenvalue weighted by molar-refractivity contribution is 7.79. The molecule has 3 heterocycles. The molecule has 1 aliphatic heterocycles. The second kappa shape index (κ2) is 9.66. The van der Waals surface area contributed by atoms with E-state index in [2.05, 4.69) is 19.4 Å². The van der Waals surface area contributed by atoms with Gasteiger partial charge >= 0.3 is 6.29 Å². The molecular weight excluding hydrogens is 544 g/mol. The van der Waals surface area contributed by atoms with Crippen molar-refractivity contribution in [2.45, 2.75) is 31.6 Å². The van der Waals surface area contributed by atoms with Gasteiger partial charge in [0.2, 0.25) is 0 Å². The number of alkyl halides is 2. The topological polar surface area (TPSA) is 120 Å². The van der Waals surface area contributed by atoms with Crippen LogP contribution in [0.2, 0.25) is 0 Å². The van der Waals surface area contributed by atoms with Crippen molar-refractivity contribution in [3.8, 4) is 50.9 Å². The fourth-order valence-corrected chi connectivity index (χ4v) is 5.07. The number of nitrogens with zero attached hydrogens (tertiary/aromatic N) is 3. The number of aryl methyl sites for hydroxylation is 2. The first-order chi connectivity index (χ1) is 19.1. The first-order valence-electron chi connectivity index (χ1n) is 12.0. The van der Waals surface area contributed by atoms with Gasteiger partial charge in [-0.25, -0.2) is 14.2 Å². The SMILES string of the molecule is Cc1nc(-c2cc(-c3cccc(S(=O)O)c3)ccc2-n2cc(CO)nc2C)c(-c2ccc3c(c2)OC(F)(F)O3)o1. The standard InChI is InChI=1S/C28H21F2N3O6S/c1-15-31-20(14-34)13-33(15)23-8-6-18(17-4-3-5-21(10-17)40(35)36)11-22(23)26-27(37-16(2)32-26)19-7-9-24-25(12-19)39-28(29,30)38-24/h3-13,34H,14H2,1-2H3,(H,35,36). The van der Waals surface area contributed by atoms with Crippen LogP contribution >= 0.6 is 0 Å². The second-order valence-corrected chi connectivity index (χ2v) is 10.0. The molecule has 204 valence electrons. The molecule has 0 spiro atoms. The second-order valence-electron chi connectivity index (χ2n) is 9.06. The Hall–Kier alpha value is -4.39. The van der Waals surface area contributed by atoms with Gasteiger partial charge in [0.05, 0.1) is 22.9 Å². The summed E-state index contributed by atoms with van der Waals surface area (Å²) in [6.45, 7) is 3.22.